The highest BCUT2D eigenvalue weighted by Gasteiger charge is 2.38. The van der Waals surface area contributed by atoms with Crippen molar-refractivity contribution in [2.75, 3.05) is 5.32 Å². The lowest BCUT2D eigenvalue weighted by atomic mass is 9.74. The monoisotopic (exact) mass is 407 g/mol. The fourth-order valence-electron chi connectivity index (χ4n) is 3.86. The molecule has 1 aromatic heterocycles. The Balaban J connectivity index is 1.88. The first-order chi connectivity index (χ1) is 14.2. The molecule has 0 aliphatic carbocycles. The minimum atomic E-state index is -1.28. The van der Waals surface area contributed by atoms with E-state index < -0.39 is 17.4 Å². The van der Waals surface area contributed by atoms with E-state index in [1.54, 1.807) is 11.6 Å². The quantitative estimate of drug-likeness (QED) is 0.510. The number of anilines is 2. The van der Waals surface area contributed by atoms with Gasteiger partial charge < -0.3 is 15.5 Å². The molecule has 0 aliphatic heterocycles. The second kappa shape index (κ2) is 8.41. The molecule has 0 bridgehead atoms. The van der Waals surface area contributed by atoms with Crippen LogP contribution in [0, 0.1) is 13.8 Å². The molecule has 2 aromatic carbocycles. The van der Waals surface area contributed by atoms with Gasteiger partial charge in [0.15, 0.2) is 5.82 Å². The smallest absolute Gasteiger partial charge is 0.313 e. The molecule has 0 amide bonds. The summed E-state index contributed by atoms with van der Waals surface area (Å²) in [5.74, 6) is -1.38. The van der Waals surface area contributed by atoms with Gasteiger partial charge in [-0.3, -0.25) is 9.59 Å². The first-order valence-corrected chi connectivity index (χ1v) is 9.66. The normalized spacial score (nSPS) is 12.9. The van der Waals surface area contributed by atoms with Crippen LogP contribution in [0.15, 0.2) is 54.7 Å². The summed E-state index contributed by atoms with van der Waals surface area (Å²) in [6.07, 6.45) is 1.67. The first kappa shape index (κ1) is 21.1. The van der Waals surface area contributed by atoms with Gasteiger partial charge in [0.25, 0.3) is 0 Å². The van der Waals surface area contributed by atoms with E-state index in [2.05, 4.69) is 10.4 Å². The van der Waals surface area contributed by atoms with Crippen molar-refractivity contribution in [2.45, 2.75) is 39.0 Å². The number of carboxylic acid groups (broad SMARTS) is 2. The molecule has 0 saturated heterocycles. The van der Waals surface area contributed by atoms with Crippen LogP contribution in [0.2, 0.25) is 0 Å². The van der Waals surface area contributed by atoms with Crippen molar-refractivity contribution in [1.82, 2.24) is 9.78 Å². The Morgan fingerprint density at radius 1 is 1.07 bits per heavy atom. The van der Waals surface area contributed by atoms with Gasteiger partial charge in [0, 0.05) is 24.4 Å². The Hall–Kier alpha value is -3.61. The van der Waals surface area contributed by atoms with Crippen LogP contribution in [0.1, 0.15) is 36.5 Å². The van der Waals surface area contributed by atoms with Crippen molar-refractivity contribution in [2.24, 2.45) is 0 Å². The van der Waals surface area contributed by atoms with Gasteiger partial charge in [-0.2, -0.15) is 5.10 Å². The van der Waals surface area contributed by atoms with Crippen molar-refractivity contribution >= 4 is 23.4 Å². The van der Waals surface area contributed by atoms with Gasteiger partial charge in [-0.15, -0.1) is 0 Å². The van der Waals surface area contributed by atoms with E-state index >= 15 is 0 Å². The Labute approximate surface area is 175 Å². The highest BCUT2D eigenvalue weighted by molar-refractivity contribution is 5.83. The third-order valence-corrected chi connectivity index (χ3v) is 5.28. The number of carbonyl (C=O) groups is 2. The molecule has 0 spiro atoms. The van der Waals surface area contributed by atoms with Crippen LogP contribution in [-0.2, 0) is 15.0 Å². The van der Waals surface area contributed by atoms with Crippen LogP contribution >= 0.6 is 0 Å². The molecule has 0 fully saturated rings. The van der Waals surface area contributed by atoms with E-state index in [4.69, 9.17) is 5.11 Å². The SMILES string of the molecule is Cc1cc(Nc2ccn(-c3ccccc3)n2)cc(C)c1C(C)(CCC(=O)O)C(=O)O. The Morgan fingerprint density at radius 3 is 2.27 bits per heavy atom. The van der Waals surface area contributed by atoms with Crippen molar-refractivity contribution < 1.29 is 19.8 Å². The van der Waals surface area contributed by atoms with Crippen molar-refractivity contribution in [1.29, 1.82) is 0 Å². The summed E-state index contributed by atoms with van der Waals surface area (Å²) < 4.78 is 1.77. The number of hydrogen-bond donors (Lipinski definition) is 3. The fraction of sp³-hybridized carbons (Fsp3) is 0.261. The molecule has 156 valence electrons. The zero-order chi connectivity index (χ0) is 21.9. The molecule has 1 atom stereocenters. The lowest BCUT2D eigenvalue weighted by Crippen LogP contribution is -2.34. The summed E-state index contributed by atoms with van der Waals surface area (Å²) in [5, 5.41) is 26.7. The van der Waals surface area contributed by atoms with Gasteiger partial charge >= 0.3 is 11.9 Å². The number of benzene rings is 2. The fourth-order valence-corrected chi connectivity index (χ4v) is 3.86. The first-order valence-electron chi connectivity index (χ1n) is 9.66. The average molecular weight is 407 g/mol. The summed E-state index contributed by atoms with van der Waals surface area (Å²) in [4.78, 5) is 23.1. The summed E-state index contributed by atoms with van der Waals surface area (Å²) in [6.45, 7) is 5.28. The third-order valence-electron chi connectivity index (χ3n) is 5.28. The average Bonchev–Trinajstić information content (AvgIpc) is 3.15. The van der Waals surface area contributed by atoms with E-state index in [-0.39, 0.29) is 12.8 Å². The van der Waals surface area contributed by atoms with E-state index in [1.807, 2.05) is 68.6 Å². The summed E-state index contributed by atoms with van der Waals surface area (Å²) >= 11 is 0. The maximum atomic E-state index is 12.0. The van der Waals surface area contributed by atoms with Gasteiger partial charge in [0.05, 0.1) is 11.1 Å². The third kappa shape index (κ3) is 4.35. The van der Waals surface area contributed by atoms with Gasteiger partial charge in [0.2, 0.25) is 0 Å². The standard InChI is InChI=1S/C23H25N3O4/c1-15-13-17(24-19-10-12-26(25-19)18-7-5-4-6-8-18)14-16(2)21(15)23(3,22(29)30)11-9-20(27)28/h4-8,10,12-14H,9,11H2,1-3H3,(H,24,25)(H,27,28)(H,29,30). The molecule has 1 unspecified atom stereocenters. The molecular weight excluding hydrogens is 382 g/mol. The predicted octanol–water partition coefficient (Wildman–Crippen LogP) is 4.44. The summed E-state index contributed by atoms with van der Waals surface area (Å²) in [5.41, 5.74) is 2.68. The minimum absolute atomic E-state index is 0.0214. The molecule has 0 saturated carbocycles. The molecule has 7 nitrogen and oxygen atoms in total. The highest BCUT2D eigenvalue weighted by Crippen LogP contribution is 2.36. The maximum absolute atomic E-state index is 12.0. The van der Waals surface area contributed by atoms with Gasteiger partial charge in [-0.05, 0) is 68.1 Å². The Kier molecular flexibility index (Phi) is 5.91. The molecule has 3 N–H and O–H groups in total. The molecule has 3 rings (SSSR count). The number of aliphatic carboxylic acids is 2. The number of rotatable bonds is 8. The van der Waals surface area contributed by atoms with Crippen LogP contribution in [0.25, 0.3) is 5.69 Å². The van der Waals surface area contributed by atoms with Gasteiger partial charge in [0.1, 0.15) is 0 Å². The van der Waals surface area contributed by atoms with Crippen LogP contribution in [0.3, 0.4) is 0 Å². The molecular formula is C23H25N3O4. The number of carboxylic acids is 2. The topological polar surface area (TPSA) is 104 Å². The second-order valence-corrected chi connectivity index (χ2v) is 7.62. The van der Waals surface area contributed by atoms with Crippen LogP contribution in [-0.4, -0.2) is 31.9 Å². The number of nitrogens with one attached hydrogen (secondary N) is 1. The van der Waals surface area contributed by atoms with E-state index in [1.165, 1.54) is 0 Å². The number of nitrogens with zero attached hydrogens (tertiary/aromatic N) is 2. The number of aromatic nitrogens is 2. The van der Waals surface area contributed by atoms with Crippen LogP contribution in [0.4, 0.5) is 11.5 Å². The molecule has 0 aliphatic rings. The second-order valence-electron chi connectivity index (χ2n) is 7.62. The maximum Gasteiger partial charge on any atom is 0.313 e. The minimum Gasteiger partial charge on any atom is -0.481 e. The highest BCUT2D eigenvalue weighted by atomic mass is 16.4. The van der Waals surface area contributed by atoms with E-state index in [9.17, 15) is 14.7 Å². The molecule has 1 heterocycles. The zero-order valence-electron chi connectivity index (χ0n) is 17.2. The van der Waals surface area contributed by atoms with Crippen LogP contribution < -0.4 is 5.32 Å². The van der Waals surface area contributed by atoms with Crippen molar-refractivity contribution in [3.8, 4) is 5.69 Å². The molecule has 7 heteroatoms. The Bertz CT molecular complexity index is 1050. The number of para-hydroxylation sites is 1. The van der Waals surface area contributed by atoms with Crippen molar-refractivity contribution in [3.63, 3.8) is 0 Å². The Morgan fingerprint density at radius 2 is 1.70 bits per heavy atom. The number of hydrogen-bond acceptors (Lipinski definition) is 4. The predicted molar refractivity (Wildman–Crippen MR) is 115 cm³/mol. The molecule has 30 heavy (non-hydrogen) atoms. The van der Waals surface area contributed by atoms with Gasteiger partial charge in [-0.25, -0.2) is 4.68 Å². The van der Waals surface area contributed by atoms with Gasteiger partial charge in [-0.1, -0.05) is 18.2 Å². The molecule has 3 aromatic rings. The zero-order valence-corrected chi connectivity index (χ0v) is 17.2. The lowest BCUT2D eigenvalue weighted by molar-refractivity contribution is -0.144. The summed E-state index contributed by atoms with van der Waals surface area (Å²) in [7, 11) is 0. The summed E-state index contributed by atoms with van der Waals surface area (Å²) in [6, 6.07) is 15.4. The largest absolute Gasteiger partial charge is 0.481 e. The van der Waals surface area contributed by atoms with E-state index in [0.717, 1.165) is 22.5 Å². The van der Waals surface area contributed by atoms with Crippen LogP contribution in [0.5, 0.6) is 0 Å². The molecule has 0 radical (unpaired) electrons. The lowest BCUT2D eigenvalue weighted by Gasteiger charge is -2.29. The number of aryl methyl sites for hydroxylation is 2. The van der Waals surface area contributed by atoms with Crippen molar-refractivity contribution in [3.05, 3.63) is 71.4 Å². The van der Waals surface area contributed by atoms with E-state index in [0.29, 0.717) is 11.4 Å².